The molecule has 206 valence electrons. The van der Waals surface area contributed by atoms with E-state index < -0.39 is 6.29 Å². The maximum absolute atomic E-state index is 13.7. The monoisotopic (exact) mass is 532 g/mol. The lowest BCUT2D eigenvalue weighted by molar-refractivity contribution is -0.171. The molecule has 1 amide bonds. The number of hydrogen-bond acceptors (Lipinski definition) is 7. The number of rotatable bonds is 9. The van der Waals surface area contributed by atoms with Gasteiger partial charge in [-0.2, -0.15) is 0 Å². The summed E-state index contributed by atoms with van der Waals surface area (Å²) in [6.45, 7) is 6.26. The molecule has 2 aromatic rings. The average Bonchev–Trinajstić information content (AvgIpc) is 3.44. The second-order valence-electron chi connectivity index (χ2n) is 10.1. The van der Waals surface area contributed by atoms with Crippen molar-refractivity contribution in [2.24, 2.45) is 5.92 Å². The molecule has 0 aromatic heterocycles. The van der Waals surface area contributed by atoms with E-state index >= 15 is 0 Å². The van der Waals surface area contributed by atoms with Crippen molar-refractivity contribution >= 4 is 5.91 Å². The second-order valence-corrected chi connectivity index (χ2v) is 10.1. The number of amides is 1. The third-order valence-electron chi connectivity index (χ3n) is 7.59. The maximum atomic E-state index is 13.7. The highest BCUT2D eigenvalue weighted by molar-refractivity contribution is 5.92. The Kier molecular flexibility index (Phi) is 8.72. The quantitative estimate of drug-likeness (QED) is 0.495. The van der Waals surface area contributed by atoms with Crippen LogP contribution in [0.2, 0.25) is 0 Å². The van der Waals surface area contributed by atoms with Crippen LogP contribution >= 0.6 is 0 Å². The number of ether oxygens (including phenoxy) is 4. The van der Waals surface area contributed by atoms with Crippen LogP contribution in [0.15, 0.2) is 54.3 Å². The third-order valence-corrected chi connectivity index (χ3v) is 7.59. The van der Waals surface area contributed by atoms with Gasteiger partial charge in [0.15, 0.2) is 17.3 Å². The first-order valence-corrected chi connectivity index (χ1v) is 13.7. The van der Waals surface area contributed by atoms with Crippen molar-refractivity contribution in [1.29, 1.82) is 0 Å². The smallest absolute Gasteiger partial charge is 0.288 e. The van der Waals surface area contributed by atoms with Crippen LogP contribution in [0.25, 0.3) is 0 Å². The highest BCUT2D eigenvalue weighted by atomic mass is 16.7. The number of hydrogen-bond donors (Lipinski definition) is 1. The Morgan fingerprint density at radius 2 is 1.87 bits per heavy atom. The molecule has 3 aliphatic rings. The molecular formula is C31H36N2O6. The summed E-state index contributed by atoms with van der Waals surface area (Å²) in [5.74, 6) is 4.29. The van der Waals surface area contributed by atoms with Crippen LogP contribution in [0.1, 0.15) is 42.4 Å². The molecule has 0 bridgehead atoms. The van der Waals surface area contributed by atoms with E-state index in [1.54, 1.807) is 0 Å². The van der Waals surface area contributed by atoms with Gasteiger partial charge >= 0.3 is 0 Å². The van der Waals surface area contributed by atoms with Crippen molar-refractivity contribution in [3.05, 3.63) is 71.0 Å². The molecule has 3 atom stereocenters. The highest BCUT2D eigenvalue weighted by Gasteiger charge is 2.39. The maximum Gasteiger partial charge on any atom is 0.288 e. The number of fused-ring (bicyclic) bond motifs is 1. The Labute approximate surface area is 230 Å². The molecule has 0 spiro atoms. The van der Waals surface area contributed by atoms with Crippen molar-refractivity contribution in [2.75, 3.05) is 46.2 Å². The van der Waals surface area contributed by atoms with Gasteiger partial charge in [-0.05, 0) is 61.2 Å². The summed E-state index contributed by atoms with van der Waals surface area (Å²) < 4.78 is 23.1. The second kappa shape index (κ2) is 12.6. The molecule has 3 heterocycles. The lowest BCUT2D eigenvalue weighted by Gasteiger charge is -2.39. The van der Waals surface area contributed by atoms with Gasteiger partial charge in [-0.15, -0.1) is 6.42 Å². The summed E-state index contributed by atoms with van der Waals surface area (Å²) >= 11 is 0. The minimum atomic E-state index is -0.574. The Bertz CT molecular complexity index is 1210. The first-order valence-electron chi connectivity index (χ1n) is 13.7. The number of benzene rings is 2. The number of carbonyl (C=O) groups excluding carboxylic acids is 1. The van der Waals surface area contributed by atoms with E-state index in [0.717, 1.165) is 47.8 Å². The minimum absolute atomic E-state index is 0.0381. The topological polar surface area (TPSA) is 80.7 Å². The molecule has 1 saturated heterocycles. The molecule has 0 unspecified atom stereocenters. The number of terminal acetylenes is 1. The van der Waals surface area contributed by atoms with Crippen LogP contribution in [0.5, 0.6) is 11.5 Å². The number of aliphatic hydroxyl groups excluding tert-OH is 1. The summed E-state index contributed by atoms with van der Waals surface area (Å²) in [4.78, 5) is 17.8. The van der Waals surface area contributed by atoms with Crippen molar-refractivity contribution in [2.45, 2.75) is 38.5 Å². The van der Waals surface area contributed by atoms with Crippen molar-refractivity contribution in [3.8, 4) is 23.8 Å². The van der Waals surface area contributed by atoms with Gasteiger partial charge in [0.05, 0.1) is 0 Å². The average molecular weight is 533 g/mol. The third kappa shape index (κ3) is 6.22. The van der Waals surface area contributed by atoms with E-state index in [1.807, 2.05) is 54.3 Å². The normalized spacial score (nSPS) is 22.6. The Hall–Kier alpha value is -3.51. The Morgan fingerprint density at radius 1 is 1.10 bits per heavy atom. The standard InChI is InChI=1S/C31H36N2O6/c1-3-22-7-10-24(11-8-22)26-19-29(39-31(36-4-2)25(26)6-5-17-34)30(35)33-15-13-32(14-16-33)20-23-9-12-27-28(18-23)38-21-37-27/h1,7-12,18-19,25-26,31,34H,4-6,13-17,20-21H2,2H3/t25-,26+,31+/m1/s1. The molecule has 1 N–H and O–H groups in total. The number of piperazine rings is 1. The van der Waals surface area contributed by atoms with E-state index in [-0.39, 0.29) is 31.1 Å². The predicted molar refractivity (Wildman–Crippen MR) is 146 cm³/mol. The van der Waals surface area contributed by atoms with Gasteiger partial charge in [-0.3, -0.25) is 9.69 Å². The van der Waals surface area contributed by atoms with E-state index in [2.05, 4.69) is 16.9 Å². The summed E-state index contributed by atoms with van der Waals surface area (Å²) in [6.07, 6.45) is 8.25. The molecule has 0 saturated carbocycles. The molecule has 8 heteroatoms. The molecule has 5 rings (SSSR count). The van der Waals surface area contributed by atoms with Gasteiger partial charge in [0.2, 0.25) is 13.1 Å². The summed E-state index contributed by atoms with van der Waals surface area (Å²) in [6, 6.07) is 13.9. The first-order chi connectivity index (χ1) is 19.1. The molecular weight excluding hydrogens is 496 g/mol. The fourth-order valence-electron chi connectivity index (χ4n) is 5.50. The van der Waals surface area contributed by atoms with Gasteiger partial charge in [-0.25, -0.2) is 0 Å². The van der Waals surface area contributed by atoms with E-state index in [9.17, 15) is 9.90 Å². The number of aliphatic hydroxyl groups is 1. The molecule has 2 aromatic carbocycles. The molecule has 3 aliphatic heterocycles. The van der Waals surface area contributed by atoms with Gasteiger partial charge in [0, 0.05) is 63.3 Å². The van der Waals surface area contributed by atoms with Gasteiger partial charge in [0.1, 0.15) is 0 Å². The number of nitrogens with zero attached hydrogens (tertiary/aromatic N) is 2. The number of carbonyl (C=O) groups is 1. The molecule has 0 radical (unpaired) electrons. The molecule has 1 fully saturated rings. The zero-order chi connectivity index (χ0) is 27.2. The Morgan fingerprint density at radius 3 is 2.59 bits per heavy atom. The zero-order valence-corrected chi connectivity index (χ0v) is 22.4. The predicted octanol–water partition coefficient (Wildman–Crippen LogP) is 3.49. The Balaban J connectivity index is 1.29. The highest BCUT2D eigenvalue weighted by Crippen LogP contribution is 2.40. The lowest BCUT2D eigenvalue weighted by Crippen LogP contribution is -2.49. The van der Waals surface area contributed by atoms with E-state index in [1.165, 1.54) is 0 Å². The summed E-state index contributed by atoms with van der Waals surface area (Å²) in [5, 5.41) is 9.51. The van der Waals surface area contributed by atoms with Gasteiger partial charge < -0.3 is 29.0 Å². The van der Waals surface area contributed by atoms with Crippen molar-refractivity contribution < 1.29 is 28.8 Å². The van der Waals surface area contributed by atoms with E-state index in [0.29, 0.717) is 38.3 Å². The molecule has 8 nitrogen and oxygen atoms in total. The van der Waals surface area contributed by atoms with E-state index in [4.69, 9.17) is 25.4 Å². The largest absolute Gasteiger partial charge is 0.459 e. The summed E-state index contributed by atoms with van der Waals surface area (Å²) in [7, 11) is 0. The van der Waals surface area contributed by atoms with Crippen LogP contribution in [0, 0.1) is 18.3 Å². The van der Waals surface area contributed by atoms with Gasteiger partial charge in [0.25, 0.3) is 5.91 Å². The van der Waals surface area contributed by atoms with Gasteiger partial charge in [-0.1, -0.05) is 24.1 Å². The first kappa shape index (κ1) is 27.1. The van der Waals surface area contributed by atoms with Crippen molar-refractivity contribution in [1.82, 2.24) is 9.80 Å². The zero-order valence-electron chi connectivity index (χ0n) is 22.4. The molecule has 0 aliphatic carbocycles. The van der Waals surface area contributed by atoms with Crippen LogP contribution < -0.4 is 9.47 Å². The van der Waals surface area contributed by atoms with Crippen LogP contribution in [-0.4, -0.2) is 73.3 Å². The fraction of sp³-hybridized carbons (Fsp3) is 0.452. The minimum Gasteiger partial charge on any atom is -0.459 e. The van der Waals surface area contributed by atoms with Crippen LogP contribution in [0.3, 0.4) is 0 Å². The molecule has 39 heavy (non-hydrogen) atoms. The van der Waals surface area contributed by atoms with Crippen molar-refractivity contribution in [3.63, 3.8) is 0 Å². The number of allylic oxidation sites excluding steroid dienone is 1. The lowest BCUT2D eigenvalue weighted by atomic mass is 9.80. The van der Waals surface area contributed by atoms with Crippen LogP contribution in [0.4, 0.5) is 0 Å². The SMILES string of the molecule is C#Cc1ccc([C@@H]2C=C(C(=O)N3CCN(Cc4ccc5c(c4)OCO5)CC3)O[C@H](OCC)[C@@H]2CCCO)cc1. The summed E-state index contributed by atoms with van der Waals surface area (Å²) in [5.41, 5.74) is 3.01. The van der Waals surface area contributed by atoms with Crippen LogP contribution in [-0.2, 0) is 20.8 Å². The fourth-order valence-corrected chi connectivity index (χ4v) is 5.50.